The van der Waals surface area contributed by atoms with Crippen molar-refractivity contribution >= 4 is 5.91 Å². The van der Waals surface area contributed by atoms with Gasteiger partial charge in [-0.1, -0.05) is 0 Å². The topological polar surface area (TPSA) is 75.8 Å². The minimum atomic E-state index is -0.179. The molecule has 0 radical (unpaired) electrons. The van der Waals surface area contributed by atoms with Gasteiger partial charge in [-0.15, -0.1) is 0 Å². The molecule has 1 fully saturated rings. The third kappa shape index (κ3) is 4.26. The van der Waals surface area contributed by atoms with Gasteiger partial charge in [0.15, 0.2) is 0 Å². The Morgan fingerprint density at radius 1 is 1.65 bits per heavy atom. The van der Waals surface area contributed by atoms with Gasteiger partial charge in [0.25, 0.3) is 0 Å². The summed E-state index contributed by atoms with van der Waals surface area (Å²) >= 11 is 0. The van der Waals surface area contributed by atoms with Gasteiger partial charge in [-0.2, -0.15) is 0 Å². The lowest BCUT2D eigenvalue weighted by molar-refractivity contribution is -0.134. The molecule has 1 aliphatic heterocycles. The number of carbonyl (C=O) groups is 1. The maximum Gasteiger partial charge on any atom is 0.225 e. The number of likely N-dealkylation sites (tertiary alicyclic amines) is 1. The number of ether oxygens (including phenoxy) is 1. The van der Waals surface area contributed by atoms with E-state index < -0.39 is 0 Å². The Bertz CT molecular complexity index is 232. The fraction of sp³-hybridized carbons (Fsp3) is 0.917. The van der Waals surface area contributed by atoms with Crippen LogP contribution < -0.4 is 5.73 Å². The maximum absolute atomic E-state index is 12.1. The number of carbonyl (C=O) groups excluding carboxylic acids is 1. The molecule has 0 aromatic heterocycles. The van der Waals surface area contributed by atoms with Crippen LogP contribution >= 0.6 is 0 Å². The lowest BCUT2D eigenvalue weighted by Gasteiger charge is -2.26. The van der Waals surface area contributed by atoms with Crippen LogP contribution in [0.2, 0.25) is 0 Å². The van der Waals surface area contributed by atoms with Gasteiger partial charge in [-0.05, 0) is 25.7 Å². The minimum Gasteiger partial charge on any atom is -0.396 e. The third-order valence-electron chi connectivity index (χ3n) is 3.39. The number of hydrogen-bond donors (Lipinski definition) is 2. The Morgan fingerprint density at radius 3 is 3.00 bits per heavy atom. The van der Waals surface area contributed by atoms with E-state index in [0.717, 1.165) is 32.2 Å². The molecule has 0 aromatic rings. The van der Waals surface area contributed by atoms with Crippen LogP contribution in [0, 0.1) is 0 Å². The fourth-order valence-corrected chi connectivity index (χ4v) is 2.37. The van der Waals surface area contributed by atoms with Crippen molar-refractivity contribution in [1.29, 1.82) is 0 Å². The number of aliphatic hydroxyl groups excluding tert-OH is 1. The Kier molecular flexibility index (Phi) is 6.47. The van der Waals surface area contributed by atoms with E-state index in [1.54, 1.807) is 7.11 Å². The molecule has 3 N–H and O–H groups in total. The average Bonchev–Trinajstić information content (AvgIpc) is 2.81. The minimum absolute atomic E-state index is 0.128. The zero-order valence-corrected chi connectivity index (χ0v) is 10.6. The summed E-state index contributed by atoms with van der Waals surface area (Å²) in [5, 5.41) is 8.83. The average molecular weight is 244 g/mol. The molecule has 1 amide bonds. The number of rotatable bonds is 7. The molecule has 0 spiro atoms. The summed E-state index contributed by atoms with van der Waals surface area (Å²) in [5.41, 5.74) is 5.52. The van der Waals surface area contributed by atoms with E-state index in [2.05, 4.69) is 0 Å². The fourth-order valence-electron chi connectivity index (χ4n) is 2.37. The second-order valence-electron chi connectivity index (χ2n) is 4.55. The maximum atomic E-state index is 12.1. The highest BCUT2D eigenvalue weighted by Crippen LogP contribution is 2.22. The first kappa shape index (κ1) is 14.4. The summed E-state index contributed by atoms with van der Waals surface area (Å²) in [6.07, 6.45) is 3.94. The molecule has 1 saturated heterocycles. The lowest BCUT2D eigenvalue weighted by Crippen LogP contribution is -2.39. The van der Waals surface area contributed by atoms with E-state index in [1.165, 1.54) is 0 Å². The van der Waals surface area contributed by atoms with Gasteiger partial charge < -0.3 is 20.5 Å². The van der Waals surface area contributed by atoms with E-state index in [0.29, 0.717) is 19.0 Å². The number of methoxy groups -OCH3 is 1. The molecule has 5 heteroatoms. The zero-order chi connectivity index (χ0) is 12.7. The molecule has 0 bridgehead atoms. The zero-order valence-electron chi connectivity index (χ0n) is 10.6. The Morgan fingerprint density at radius 2 is 2.41 bits per heavy atom. The highest BCUT2D eigenvalue weighted by Gasteiger charge is 2.29. The molecule has 100 valence electrons. The molecule has 0 aliphatic carbocycles. The van der Waals surface area contributed by atoms with E-state index in [-0.39, 0.29) is 18.6 Å². The summed E-state index contributed by atoms with van der Waals surface area (Å²) in [7, 11) is 1.58. The third-order valence-corrected chi connectivity index (χ3v) is 3.39. The predicted molar refractivity (Wildman–Crippen MR) is 65.5 cm³/mol. The number of nitrogens with zero attached hydrogens (tertiary/aromatic N) is 1. The van der Waals surface area contributed by atoms with Gasteiger partial charge in [0, 0.05) is 32.8 Å². The van der Waals surface area contributed by atoms with Crippen LogP contribution in [-0.4, -0.2) is 54.9 Å². The Hall–Kier alpha value is -0.650. The van der Waals surface area contributed by atoms with Crippen LogP contribution in [0.25, 0.3) is 0 Å². The van der Waals surface area contributed by atoms with Crippen molar-refractivity contribution in [3.05, 3.63) is 0 Å². The number of hydrogen-bond acceptors (Lipinski definition) is 4. The Labute approximate surface area is 103 Å². The molecule has 1 rings (SSSR count). The van der Waals surface area contributed by atoms with Crippen molar-refractivity contribution in [1.82, 2.24) is 4.90 Å². The van der Waals surface area contributed by atoms with Gasteiger partial charge in [0.2, 0.25) is 5.91 Å². The largest absolute Gasteiger partial charge is 0.396 e. The monoisotopic (exact) mass is 244 g/mol. The number of nitrogens with two attached hydrogens (primary N) is 1. The van der Waals surface area contributed by atoms with E-state index >= 15 is 0 Å². The van der Waals surface area contributed by atoms with Crippen LogP contribution in [-0.2, 0) is 9.53 Å². The first-order valence-electron chi connectivity index (χ1n) is 6.36. The molecular formula is C12H24N2O3. The van der Waals surface area contributed by atoms with E-state index in [1.807, 2.05) is 4.90 Å². The van der Waals surface area contributed by atoms with Gasteiger partial charge >= 0.3 is 0 Å². The highest BCUT2D eigenvalue weighted by atomic mass is 16.5. The summed E-state index contributed by atoms with van der Waals surface area (Å²) in [6.45, 7) is 1.40. The second-order valence-corrected chi connectivity index (χ2v) is 4.55. The first-order valence-corrected chi connectivity index (χ1v) is 6.36. The number of amides is 1. The van der Waals surface area contributed by atoms with Crippen molar-refractivity contribution in [2.75, 3.05) is 26.8 Å². The molecule has 1 heterocycles. The van der Waals surface area contributed by atoms with Crippen LogP contribution in [0.4, 0.5) is 0 Å². The van der Waals surface area contributed by atoms with Crippen molar-refractivity contribution in [3.63, 3.8) is 0 Å². The van der Waals surface area contributed by atoms with Gasteiger partial charge in [-0.25, -0.2) is 0 Å². The summed E-state index contributed by atoms with van der Waals surface area (Å²) < 4.78 is 5.13. The molecule has 17 heavy (non-hydrogen) atoms. The first-order chi connectivity index (χ1) is 8.22. The van der Waals surface area contributed by atoms with Crippen molar-refractivity contribution in [2.45, 2.75) is 44.2 Å². The summed E-state index contributed by atoms with van der Waals surface area (Å²) in [6, 6.07) is 0.296. The van der Waals surface area contributed by atoms with E-state index in [4.69, 9.17) is 15.6 Å². The highest BCUT2D eigenvalue weighted by molar-refractivity contribution is 5.77. The summed E-state index contributed by atoms with van der Waals surface area (Å²) in [4.78, 5) is 14.0. The van der Waals surface area contributed by atoms with Crippen LogP contribution in [0.1, 0.15) is 32.1 Å². The SMILES string of the molecule is COC(CN)CC(=O)N1CCCC1CCCO. The van der Waals surface area contributed by atoms with Crippen molar-refractivity contribution < 1.29 is 14.6 Å². The van der Waals surface area contributed by atoms with E-state index in [9.17, 15) is 4.79 Å². The molecule has 1 aliphatic rings. The van der Waals surface area contributed by atoms with Gasteiger partial charge in [0.1, 0.15) is 0 Å². The van der Waals surface area contributed by atoms with Gasteiger partial charge in [0.05, 0.1) is 12.5 Å². The molecular weight excluding hydrogens is 220 g/mol. The van der Waals surface area contributed by atoms with Crippen LogP contribution in [0.5, 0.6) is 0 Å². The Balaban J connectivity index is 2.43. The van der Waals surface area contributed by atoms with Gasteiger partial charge in [-0.3, -0.25) is 4.79 Å². The molecule has 0 saturated carbocycles. The van der Waals surface area contributed by atoms with Crippen LogP contribution in [0.3, 0.4) is 0 Å². The normalized spacial score (nSPS) is 21.8. The molecule has 0 aromatic carbocycles. The van der Waals surface area contributed by atoms with Crippen LogP contribution in [0.15, 0.2) is 0 Å². The lowest BCUT2D eigenvalue weighted by atomic mass is 10.1. The smallest absolute Gasteiger partial charge is 0.225 e. The molecule has 2 atom stereocenters. The number of aliphatic hydroxyl groups is 1. The van der Waals surface area contributed by atoms with Crippen molar-refractivity contribution in [3.8, 4) is 0 Å². The summed E-state index contributed by atoms with van der Waals surface area (Å²) in [5.74, 6) is 0.128. The predicted octanol–water partition coefficient (Wildman–Crippen LogP) is 0.114. The second kappa shape index (κ2) is 7.63. The van der Waals surface area contributed by atoms with Crippen molar-refractivity contribution in [2.24, 2.45) is 5.73 Å². The standard InChI is InChI=1S/C12H24N2O3/c1-17-11(9-13)8-12(16)14-6-2-4-10(14)5-3-7-15/h10-11,15H,2-9,13H2,1H3. The quantitative estimate of drug-likeness (QED) is 0.666. The molecule has 5 nitrogen and oxygen atoms in total. The molecule has 2 unspecified atom stereocenters.